The number of ether oxygens (including phenoxy) is 1. The number of pyridine rings is 1. The molecule has 0 saturated carbocycles. The van der Waals surface area contributed by atoms with Gasteiger partial charge in [0.05, 0.1) is 12.3 Å². The summed E-state index contributed by atoms with van der Waals surface area (Å²) in [5.74, 6) is 0. The van der Waals surface area contributed by atoms with Crippen molar-refractivity contribution in [2.24, 2.45) is 5.73 Å². The van der Waals surface area contributed by atoms with Crippen LogP contribution >= 0.6 is 11.3 Å². The second-order valence-corrected chi connectivity index (χ2v) is 4.82. The zero-order valence-electron chi connectivity index (χ0n) is 9.88. The van der Waals surface area contributed by atoms with Gasteiger partial charge in [-0.05, 0) is 19.1 Å². The van der Waals surface area contributed by atoms with E-state index < -0.39 is 0 Å². The van der Waals surface area contributed by atoms with Crippen LogP contribution in [0.3, 0.4) is 0 Å². The highest BCUT2D eigenvalue weighted by atomic mass is 32.1. The van der Waals surface area contributed by atoms with E-state index in [2.05, 4.69) is 9.97 Å². The molecule has 0 saturated heterocycles. The standard InChI is InChI=1S/C12H15N3OS/c1-8(13)11-10(7-16-2)15-12(17-11)9-3-5-14-6-4-9/h3-6,8H,7,13H2,1-2H3. The van der Waals surface area contributed by atoms with Crippen LogP contribution < -0.4 is 5.73 Å². The molecular formula is C12H15N3OS. The number of aromatic nitrogens is 2. The van der Waals surface area contributed by atoms with Crippen molar-refractivity contribution >= 4 is 11.3 Å². The lowest BCUT2D eigenvalue weighted by atomic mass is 10.2. The minimum absolute atomic E-state index is 0.0202. The van der Waals surface area contributed by atoms with Crippen LogP contribution in [0.4, 0.5) is 0 Å². The maximum atomic E-state index is 5.94. The summed E-state index contributed by atoms with van der Waals surface area (Å²) in [6.45, 7) is 2.46. The predicted molar refractivity (Wildman–Crippen MR) is 68.7 cm³/mol. The molecule has 0 aromatic carbocycles. The number of nitrogens with zero attached hydrogens (tertiary/aromatic N) is 2. The average Bonchev–Trinajstić information content (AvgIpc) is 2.75. The first-order valence-corrected chi connectivity index (χ1v) is 6.18. The van der Waals surface area contributed by atoms with E-state index in [4.69, 9.17) is 10.5 Å². The summed E-state index contributed by atoms with van der Waals surface area (Å²) >= 11 is 1.62. The molecule has 1 atom stereocenters. The molecule has 0 aliphatic carbocycles. The van der Waals surface area contributed by atoms with E-state index >= 15 is 0 Å². The number of methoxy groups -OCH3 is 1. The smallest absolute Gasteiger partial charge is 0.124 e. The molecule has 17 heavy (non-hydrogen) atoms. The number of hydrogen-bond donors (Lipinski definition) is 1. The minimum atomic E-state index is -0.0202. The number of rotatable bonds is 4. The van der Waals surface area contributed by atoms with Gasteiger partial charge in [-0.15, -0.1) is 11.3 Å². The number of thiazole rings is 1. The van der Waals surface area contributed by atoms with Crippen molar-refractivity contribution in [3.63, 3.8) is 0 Å². The van der Waals surface area contributed by atoms with Crippen molar-refractivity contribution < 1.29 is 4.74 Å². The largest absolute Gasteiger partial charge is 0.378 e. The summed E-state index contributed by atoms with van der Waals surface area (Å²) < 4.78 is 5.14. The van der Waals surface area contributed by atoms with Crippen molar-refractivity contribution in [1.29, 1.82) is 0 Å². The van der Waals surface area contributed by atoms with Gasteiger partial charge < -0.3 is 10.5 Å². The van der Waals surface area contributed by atoms with Crippen molar-refractivity contribution in [3.8, 4) is 10.6 Å². The van der Waals surface area contributed by atoms with Gasteiger partial charge in [0, 0.05) is 36.0 Å². The van der Waals surface area contributed by atoms with Crippen LogP contribution in [0, 0.1) is 0 Å². The zero-order chi connectivity index (χ0) is 12.3. The SMILES string of the molecule is COCc1nc(-c2ccncc2)sc1C(C)N. The Kier molecular flexibility index (Phi) is 3.83. The fourth-order valence-corrected chi connectivity index (χ4v) is 2.60. The molecule has 0 bridgehead atoms. The second-order valence-electron chi connectivity index (χ2n) is 3.79. The molecule has 0 aliphatic rings. The molecule has 2 aromatic rings. The predicted octanol–water partition coefficient (Wildman–Crippen LogP) is 2.37. The summed E-state index contributed by atoms with van der Waals surface area (Å²) in [5.41, 5.74) is 7.93. The first kappa shape index (κ1) is 12.2. The highest BCUT2D eigenvalue weighted by Gasteiger charge is 2.15. The number of hydrogen-bond acceptors (Lipinski definition) is 5. The molecule has 0 spiro atoms. The lowest BCUT2D eigenvalue weighted by molar-refractivity contribution is 0.181. The maximum Gasteiger partial charge on any atom is 0.124 e. The van der Waals surface area contributed by atoms with Crippen LogP contribution in [0.1, 0.15) is 23.5 Å². The lowest BCUT2D eigenvalue weighted by Crippen LogP contribution is -2.06. The van der Waals surface area contributed by atoms with Gasteiger partial charge >= 0.3 is 0 Å². The fourth-order valence-electron chi connectivity index (χ4n) is 1.58. The van der Waals surface area contributed by atoms with Crippen LogP contribution in [-0.2, 0) is 11.3 Å². The van der Waals surface area contributed by atoms with Crippen molar-refractivity contribution in [2.45, 2.75) is 19.6 Å². The first-order valence-electron chi connectivity index (χ1n) is 5.37. The third-order valence-corrected chi connectivity index (χ3v) is 3.70. The van der Waals surface area contributed by atoms with E-state index in [-0.39, 0.29) is 6.04 Å². The van der Waals surface area contributed by atoms with Gasteiger partial charge in [-0.1, -0.05) is 0 Å². The van der Waals surface area contributed by atoms with Crippen LogP contribution in [0.2, 0.25) is 0 Å². The molecule has 0 aliphatic heterocycles. The molecule has 2 heterocycles. The van der Waals surface area contributed by atoms with Crippen molar-refractivity contribution in [1.82, 2.24) is 9.97 Å². The molecule has 90 valence electrons. The molecule has 5 heteroatoms. The van der Waals surface area contributed by atoms with Gasteiger partial charge in [0.2, 0.25) is 0 Å². The molecule has 1 unspecified atom stereocenters. The van der Waals surface area contributed by atoms with E-state index in [1.807, 2.05) is 19.1 Å². The molecule has 2 rings (SSSR count). The Labute approximate surface area is 104 Å². The topological polar surface area (TPSA) is 61.0 Å². The fraction of sp³-hybridized carbons (Fsp3) is 0.333. The normalized spacial score (nSPS) is 12.6. The monoisotopic (exact) mass is 249 g/mol. The van der Waals surface area contributed by atoms with Crippen LogP contribution in [0.5, 0.6) is 0 Å². The molecule has 0 fully saturated rings. The Morgan fingerprint density at radius 1 is 1.41 bits per heavy atom. The van der Waals surface area contributed by atoms with Gasteiger partial charge in [0.25, 0.3) is 0 Å². The Hall–Kier alpha value is -1.30. The zero-order valence-corrected chi connectivity index (χ0v) is 10.7. The quantitative estimate of drug-likeness (QED) is 0.903. The Bertz CT molecular complexity index is 482. The van der Waals surface area contributed by atoms with Gasteiger partial charge in [-0.2, -0.15) is 0 Å². The third kappa shape index (κ3) is 2.69. The van der Waals surface area contributed by atoms with Gasteiger partial charge in [0.15, 0.2) is 0 Å². The van der Waals surface area contributed by atoms with Crippen LogP contribution in [0.15, 0.2) is 24.5 Å². The molecular weight excluding hydrogens is 234 g/mol. The minimum Gasteiger partial charge on any atom is -0.378 e. The molecule has 4 nitrogen and oxygen atoms in total. The summed E-state index contributed by atoms with van der Waals surface area (Å²) in [7, 11) is 1.66. The van der Waals surface area contributed by atoms with E-state index in [0.29, 0.717) is 6.61 Å². The summed E-state index contributed by atoms with van der Waals surface area (Å²) in [4.78, 5) is 9.66. The highest BCUT2D eigenvalue weighted by Crippen LogP contribution is 2.31. The van der Waals surface area contributed by atoms with E-state index in [0.717, 1.165) is 21.1 Å². The summed E-state index contributed by atoms with van der Waals surface area (Å²) in [6, 6.07) is 3.87. The second kappa shape index (κ2) is 5.35. The van der Waals surface area contributed by atoms with Gasteiger partial charge in [0.1, 0.15) is 5.01 Å². The van der Waals surface area contributed by atoms with E-state index in [9.17, 15) is 0 Å². The average molecular weight is 249 g/mol. The maximum absolute atomic E-state index is 5.94. The van der Waals surface area contributed by atoms with E-state index in [1.54, 1.807) is 30.8 Å². The Morgan fingerprint density at radius 3 is 2.71 bits per heavy atom. The Morgan fingerprint density at radius 2 is 2.12 bits per heavy atom. The van der Waals surface area contributed by atoms with Crippen molar-refractivity contribution in [3.05, 3.63) is 35.1 Å². The first-order chi connectivity index (χ1) is 8.22. The summed E-state index contributed by atoms with van der Waals surface area (Å²) in [6.07, 6.45) is 3.52. The molecule has 0 amide bonds. The van der Waals surface area contributed by atoms with Gasteiger partial charge in [-0.3, -0.25) is 4.98 Å². The van der Waals surface area contributed by atoms with Gasteiger partial charge in [-0.25, -0.2) is 4.98 Å². The highest BCUT2D eigenvalue weighted by molar-refractivity contribution is 7.15. The molecule has 2 aromatic heterocycles. The Balaban J connectivity index is 2.40. The lowest BCUT2D eigenvalue weighted by Gasteiger charge is -2.03. The van der Waals surface area contributed by atoms with Crippen molar-refractivity contribution in [2.75, 3.05) is 7.11 Å². The molecule has 0 radical (unpaired) electrons. The van der Waals surface area contributed by atoms with Crippen LogP contribution in [-0.4, -0.2) is 17.1 Å². The van der Waals surface area contributed by atoms with Crippen LogP contribution in [0.25, 0.3) is 10.6 Å². The summed E-state index contributed by atoms with van der Waals surface area (Å²) in [5, 5.41) is 0.965. The molecule has 2 N–H and O–H groups in total. The van der Waals surface area contributed by atoms with E-state index in [1.165, 1.54) is 0 Å². The number of nitrogens with two attached hydrogens (primary N) is 1. The third-order valence-electron chi connectivity index (χ3n) is 2.35.